The molecule has 0 bridgehead atoms. The van der Waals surface area contributed by atoms with Gasteiger partial charge in [0.2, 0.25) is 5.91 Å². The second-order valence-corrected chi connectivity index (χ2v) is 6.19. The molecule has 2 N–H and O–H groups in total. The summed E-state index contributed by atoms with van der Waals surface area (Å²) in [6.45, 7) is 1.12. The molecule has 1 aliphatic heterocycles. The number of carbonyl (C=O) groups excluding carboxylic acids is 1. The zero-order valence-electron chi connectivity index (χ0n) is 12.4. The van der Waals surface area contributed by atoms with Gasteiger partial charge in [0.25, 0.3) is 0 Å². The van der Waals surface area contributed by atoms with Crippen LogP contribution in [0.15, 0.2) is 24.3 Å². The fraction of sp³-hybridized carbons (Fsp3) is 0.588. The largest absolute Gasteiger partial charge is 0.388 e. The molecule has 4 nitrogen and oxygen atoms in total. The molecule has 0 saturated heterocycles. The Morgan fingerprint density at radius 2 is 1.95 bits per heavy atom. The van der Waals surface area contributed by atoms with E-state index in [1.807, 2.05) is 24.3 Å². The summed E-state index contributed by atoms with van der Waals surface area (Å²) in [4.78, 5) is 14.3. The molecular weight excluding hydrogens is 264 g/mol. The molecule has 4 heteroatoms. The molecule has 1 aromatic carbocycles. The summed E-state index contributed by atoms with van der Waals surface area (Å²) in [6.07, 6.45) is 6.26. The van der Waals surface area contributed by atoms with Crippen LogP contribution in [0.4, 0.5) is 5.69 Å². The molecule has 3 rings (SSSR count). The number of amides is 1. The smallest absolute Gasteiger partial charge is 0.239 e. The summed E-state index contributed by atoms with van der Waals surface area (Å²) in [7, 11) is 0. The van der Waals surface area contributed by atoms with Gasteiger partial charge in [-0.05, 0) is 25.3 Å². The van der Waals surface area contributed by atoms with Crippen molar-refractivity contribution in [2.75, 3.05) is 18.0 Å². The van der Waals surface area contributed by atoms with Crippen LogP contribution in [-0.4, -0.2) is 30.1 Å². The van der Waals surface area contributed by atoms with Crippen molar-refractivity contribution in [3.05, 3.63) is 29.8 Å². The molecule has 1 amide bonds. The van der Waals surface area contributed by atoms with Gasteiger partial charge in [-0.2, -0.15) is 0 Å². The van der Waals surface area contributed by atoms with E-state index in [1.54, 1.807) is 0 Å². The van der Waals surface area contributed by atoms with Crippen LogP contribution < -0.4 is 10.2 Å². The van der Waals surface area contributed by atoms with E-state index in [0.29, 0.717) is 19.0 Å². The van der Waals surface area contributed by atoms with Crippen molar-refractivity contribution in [2.45, 2.75) is 50.7 Å². The van der Waals surface area contributed by atoms with Gasteiger partial charge in [-0.25, -0.2) is 0 Å². The van der Waals surface area contributed by atoms with Gasteiger partial charge in [0.1, 0.15) is 0 Å². The van der Waals surface area contributed by atoms with Crippen molar-refractivity contribution in [3.63, 3.8) is 0 Å². The normalized spacial score (nSPS) is 22.7. The van der Waals surface area contributed by atoms with E-state index in [0.717, 1.165) is 30.6 Å². The predicted molar refractivity (Wildman–Crippen MR) is 83.2 cm³/mol. The maximum absolute atomic E-state index is 12.3. The monoisotopic (exact) mass is 288 g/mol. The van der Waals surface area contributed by atoms with Crippen LogP contribution in [0.25, 0.3) is 0 Å². The van der Waals surface area contributed by atoms with Gasteiger partial charge in [0.05, 0.1) is 12.6 Å². The fourth-order valence-corrected chi connectivity index (χ4v) is 3.47. The van der Waals surface area contributed by atoms with E-state index in [2.05, 4.69) is 10.2 Å². The van der Waals surface area contributed by atoms with Gasteiger partial charge in [-0.15, -0.1) is 0 Å². The summed E-state index contributed by atoms with van der Waals surface area (Å²) in [6, 6.07) is 8.20. The Hall–Kier alpha value is -1.55. The number of fused-ring (bicyclic) bond motifs is 1. The van der Waals surface area contributed by atoms with E-state index < -0.39 is 6.10 Å². The van der Waals surface area contributed by atoms with Crippen LogP contribution in [0, 0.1) is 0 Å². The summed E-state index contributed by atoms with van der Waals surface area (Å²) in [5, 5.41) is 13.2. The van der Waals surface area contributed by atoms with Crippen LogP contribution >= 0.6 is 0 Å². The maximum Gasteiger partial charge on any atom is 0.239 e. The van der Waals surface area contributed by atoms with Crippen LogP contribution in [-0.2, 0) is 4.79 Å². The Bertz CT molecular complexity index is 497. The van der Waals surface area contributed by atoms with Gasteiger partial charge < -0.3 is 15.3 Å². The third-order valence-electron chi connectivity index (χ3n) is 4.61. The molecule has 1 aromatic rings. The van der Waals surface area contributed by atoms with Crippen molar-refractivity contribution in [1.82, 2.24) is 5.32 Å². The molecule has 21 heavy (non-hydrogen) atoms. The Labute approximate surface area is 126 Å². The van der Waals surface area contributed by atoms with E-state index >= 15 is 0 Å². The minimum Gasteiger partial charge on any atom is -0.388 e. The fourth-order valence-electron chi connectivity index (χ4n) is 3.47. The first-order valence-corrected chi connectivity index (χ1v) is 8.05. The first kappa shape index (κ1) is 14.4. The highest BCUT2D eigenvalue weighted by Crippen LogP contribution is 2.33. The highest BCUT2D eigenvalue weighted by atomic mass is 16.3. The number of nitrogens with zero attached hydrogens (tertiary/aromatic N) is 1. The van der Waals surface area contributed by atoms with Gasteiger partial charge in [0.15, 0.2) is 0 Å². The highest BCUT2D eigenvalue weighted by Gasteiger charge is 2.25. The zero-order chi connectivity index (χ0) is 14.7. The van der Waals surface area contributed by atoms with E-state index in [9.17, 15) is 9.90 Å². The van der Waals surface area contributed by atoms with Crippen LogP contribution in [0.1, 0.15) is 50.2 Å². The van der Waals surface area contributed by atoms with Crippen LogP contribution in [0.2, 0.25) is 0 Å². The van der Waals surface area contributed by atoms with E-state index in [-0.39, 0.29) is 5.91 Å². The lowest BCUT2D eigenvalue weighted by Crippen LogP contribution is -2.44. The second kappa shape index (κ2) is 6.48. The average molecular weight is 288 g/mol. The number of benzene rings is 1. The molecule has 0 spiro atoms. The molecule has 1 aliphatic carbocycles. The molecule has 1 unspecified atom stereocenters. The zero-order valence-corrected chi connectivity index (χ0v) is 12.4. The number of aliphatic hydroxyl groups excluding tert-OH is 1. The predicted octanol–water partition coefficient (Wildman–Crippen LogP) is 2.38. The molecule has 1 heterocycles. The lowest BCUT2D eigenvalue weighted by Gasteiger charge is -2.34. The SMILES string of the molecule is O=C(CN1CCC(O)c2ccccc21)NC1CCCCC1. The number of nitrogens with one attached hydrogen (secondary N) is 1. The van der Waals surface area contributed by atoms with Gasteiger partial charge in [0, 0.05) is 23.8 Å². The topological polar surface area (TPSA) is 52.6 Å². The Morgan fingerprint density at radius 3 is 2.76 bits per heavy atom. The Balaban J connectivity index is 1.62. The molecule has 114 valence electrons. The van der Waals surface area contributed by atoms with E-state index in [1.165, 1.54) is 19.3 Å². The second-order valence-electron chi connectivity index (χ2n) is 6.19. The number of carbonyl (C=O) groups is 1. The minimum absolute atomic E-state index is 0.105. The molecule has 1 saturated carbocycles. The summed E-state index contributed by atoms with van der Waals surface area (Å²) < 4.78 is 0. The van der Waals surface area contributed by atoms with Gasteiger partial charge in [-0.3, -0.25) is 4.79 Å². The number of para-hydroxylation sites is 1. The molecule has 1 atom stereocenters. The number of aliphatic hydroxyl groups is 1. The molecule has 2 aliphatic rings. The quantitative estimate of drug-likeness (QED) is 0.898. The molecule has 0 aromatic heterocycles. The lowest BCUT2D eigenvalue weighted by atomic mass is 9.95. The summed E-state index contributed by atoms with van der Waals surface area (Å²) in [5.74, 6) is 0.105. The Kier molecular flexibility index (Phi) is 4.44. The van der Waals surface area contributed by atoms with Gasteiger partial charge >= 0.3 is 0 Å². The highest BCUT2D eigenvalue weighted by molar-refractivity contribution is 5.82. The van der Waals surface area contributed by atoms with Crippen molar-refractivity contribution in [3.8, 4) is 0 Å². The van der Waals surface area contributed by atoms with E-state index in [4.69, 9.17) is 0 Å². The minimum atomic E-state index is -0.404. The van der Waals surface area contributed by atoms with Crippen LogP contribution in [0.5, 0.6) is 0 Å². The van der Waals surface area contributed by atoms with Crippen molar-refractivity contribution in [1.29, 1.82) is 0 Å². The number of hydrogen-bond donors (Lipinski definition) is 2. The molecular formula is C17H24N2O2. The van der Waals surface area contributed by atoms with Crippen molar-refractivity contribution >= 4 is 11.6 Å². The van der Waals surface area contributed by atoms with Gasteiger partial charge in [-0.1, -0.05) is 37.5 Å². The maximum atomic E-state index is 12.3. The summed E-state index contributed by atoms with van der Waals surface area (Å²) >= 11 is 0. The Morgan fingerprint density at radius 1 is 1.19 bits per heavy atom. The first-order chi connectivity index (χ1) is 10.2. The summed E-state index contributed by atoms with van der Waals surface area (Å²) in [5.41, 5.74) is 1.93. The van der Waals surface area contributed by atoms with Crippen LogP contribution in [0.3, 0.4) is 0 Å². The average Bonchev–Trinajstić information content (AvgIpc) is 2.51. The molecule has 0 radical (unpaired) electrons. The number of anilines is 1. The van der Waals surface area contributed by atoms with Crippen molar-refractivity contribution in [2.24, 2.45) is 0 Å². The third-order valence-corrected chi connectivity index (χ3v) is 4.61. The number of hydrogen-bond acceptors (Lipinski definition) is 3. The number of rotatable bonds is 3. The first-order valence-electron chi connectivity index (χ1n) is 8.05. The molecule has 1 fully saturated rings. The standard InChI is InChI=1S/C17H24N2O2/c20-16-10-11-19(15-9-5-4-8-14(15)16)12-17(21)18-13-6-2-1-3-7-13/h4-5,8-9,13,16,20H,1-3,6-7,10-12H2,(H,18,21). The lowest BCUT2D eigenvalue weighted by molar-refractivity contribution is -0.120. The third kappa shape index (κ3) is 3.38. The van der Waals surface area contributed by atoms with Crippen molar-refractivity contribution < 1.29 is 9.90 Å².